The second-order valence-electron chi connectivity index (χ2n) is 7.78. The third-order valence-corrected chi connectivity index (χ3v) is 5.81. The highest BCUT2D eigenvalue weighted by Crippen LogP contribution is 2.39. The zero-order chi connectivity index (χ0) is 18.9. The molecule has 0 radical (unpaired) electrons. The molecule has 7 nitrogen and oxygen atoms in total. The molecule has 0 aromatic carbocycles. The zero-order valence-electron chi connectivity index (χ0n) is 15.6. The maximum Gasteiger partial charge on any atom is 0.274 e. The number of pyridine rings is 1. The van der Waals surface area contributed by atoms with Gasteiger partial charge in [0.1, 0.15) is 5.69 Å². The summed E-state index contributed by atoms with van der Waals surface area (Å²) >= 11 is 0. The topological polar surface area (TPSA) is 82.2 Å². The number of aryl methyl sites for hydroxylation is 1. The number of likely N-dealkylation sites (tertiary alicyclic amines) is 2. The first-order valence-electron chi connectivity index (χ1n) is 9.53. The van der Waals surface area contributed by atoms with Crippen molar-refractivity contribution in [3.63, 3.8) is 0 Å². The van der Waals surface area contributed by atoms with E-state index in [4.69, 9.17) is 0 Å². The smallest absolute Gasteiger partial charge is 0.274 e. The minimum absolute atomic E-state index is 0.0130. The Hall–Kier alpha value is -2.70. The Morgan fingerprint density at radius 3 is 2.89 bits per heavy atom. The van der Waals surface area contributed by atoms with Gasteiger partial charge in [-0.05, 0) is 38.3 Å². The molecule has 0 bridgehead atoms. The SMILES string of the molecule is Cc1[nH]cnc1C(=O)N1CCCC2(CCC(=O)N(Cc3ccccn3)C2)C1. The Morgan fingerprint density at radius 2 is 2.15 bits per heavy atom. The van der Waals surface area contributed by atoms with Crippen molar-refractivity contribution in [2.75, 3.05) is 19.6 Å². The van der Waals surface area contributed by atoms with Crippen molar-refractivity contribution in [2.24, 2.45) is 5.41 Å². The fraction of sp³-hybridized carbons (Fsp3) is 0.500. The maximum absolute atomic E-state index is 12.9. The Labute approximate surface area is 158 Å². The van der Waals surface area contributed by atoms with E-state index in [2.05, 4.69) is 15.0 Å². The average Bonchev–Trinajstić information content (AvgIpc) is 3.11. The van der Waals surface area contributed by atoms with Crippen LogP contribution < -0.4 is 0 Å². The number of nitrogens with one attached hydrogen (secondary N) is 1. The molecule has 2 aromatic rings. The molecule has 2 amide bonds. The second-order valence-corrected chi connectivity index (χ2v) is 7.78. The van der Waals surface area contributed by atoms with Crippen LogP contribution in [0, 0.1) is 12.3 Å². The lowest BCUT2D eigenvalue weighted by atomic mass is 9.73. The predicted molar refractivity (Wildman–Crippen MR) is 99.8 cm³/mol. The molecule has 7 heteroatoms. The van der Waals surface area contributed by atoms with Crippen LogP contribution in [0.4, 0.5) is 0 Å². The first kappa shape index (κ1) is 17.7. The monoisotopic (exact) mass is 367 g/mol. The molecular weight excluding hydrogens is 342 g/mol. The van der Waals surface area contributed by atoms with Gasteiger partial charge in [-0.2, -0.15) is 0 Å². The van der Waals surface area contributed by atoms with Gasteiger partial charge in [-0.15, -0.1) is 0 Å². The van der Waals surface area contributed by atoms with Crippen LogP contribution in [-0.4, -0.2) is 56.2 Å². The van der Waals surface area contributed by atoms with Crippen LogP contribution in [0.3, 0.4) is 0 Å². The fourth-order valence-electron chi connectivity index (χ4n) is 4.37. The normalized spacial score (nSPS) is 23.1. The summed E-state index contributed by atoms with van der Waals surface area (Å²) in [5, 5.41) is 0. The van der Waals surface area contributed by atoms with E-state index in [9.17, 15) is 9.59 Å². The van der Waals surface area contributed by atoms with Crippen LogP contribution in [0.25, 0.3) is 0 Å². The van der Waals surface area contributed by atoms with Crippen LogP contribution in [0.1, 0.15) is 47.6 Å². The van der Waals surface area contributed by atoms with Crippen LogP contribution in [0.2, 0.25) is 0 Å². The van der Waals surface area contributed by atoms with Gasteiger partial charge in [0.15, 0.2) is 0 Å². The second kappa shape index (κ2) is 7.13. The van der Waals surface area contributed by atoms with Crippen molar-refractivity contribution in [2.45, 2.75) is 39.2 Å². The van der Waals surface area contributed by atoms with E-state index in [0.717, 1.165) is 37.2 Å². The fourth-order valence-corrected chi connectivity index (χ4v) is 4.37. The molecule has 4 rings (SSSR count). The molecular formula is C20H25N5O2. The van der Waals surface area contributed by atoms with Crippen molar-refractivity contribution >= 4 is 11.8 Å². The van der Waals surface area contributed by atoms with Gasteiger partial charge in [0.05, 0.1) is 18.6 Å². The van der Waals surface area contributed by atoms with E-state index in [-0.39, 0.29) is 17.2 Å². The number of amides is 2. The summed E-state index contributed by atoms with van der Waals surface area (Å²) in [4.78, 5) is 40.7. The minimum Gasteiger partial charge on any atom is -0.348 e. The average molecular weight is 367 g/mol. The summed E-state index contributed by atoms with van der Waals surface area (Å²) in [6, 6.07) is 5.77. The summed E-state index contributed by atoms with van der Waals surface area (Å²) < 4.78 is 0. The van der Waals surface area contributed by atoms with Crippen LogP contribution in [0.5, 0.6) is 0 Å². The zero-order valence-corrected chi connectivity index (χ0v) is 15.6. The number of aromatic amines is 1. The number of H-pyrrole nitrogens is 1. The number of carbonyl (C=O) groups excluding carboxylic acids is 2. The molecule has 2 saturated heterocycles. The molecule has 0 saturated carbocycles. The molecule has 142 valence electrons. The lowest BCUT2D eigenvalue weighted by Crippen LogP contribution is -2.55. The highest BCUT2D eigenvalue weighted by molar-refractivity contribution is 5.93. The standard InChI is InChI=1S/C20H25N5O2/c1-15-18(23-14-22-15)19(27)24-10-4-7-20(12-24)8-6-17(26)25(13-20)11-16-5-2-3-9-21-16/h2-3,5,9,14H,4,6-8,10-13H2,1H3,(H,22,23). The van der Waals surface area contributed by atoms with E-state index in [1.165, 1.54) is 0 Å². The summed E-state index contributed by atoms with van der Waals surface area (Å²) in [6.45, 7) is 4.53. The molecule has 4 heterocycles. The molecule has 1 unspecified atom stereocenters. The molecule has 2 aliphatic rings. The summed E-state index contributed by atoms with van der Waals surface area (Å²) in [7, 11) is 0. The molecule has 27 heavy (non-hydrogen) atoms. The van der Waals surface area contributed by atoms with E-state index >= 15 is 0 Å². The summed E-state index contributed by atoms with van der Waals surface area (Å²) in [5.74, 6) is 0.166. The number of hydrogen-bond donors (Lipinski definition) is 1. The number of hydrogen-bond acceptors (Lipinski definition) is 4. The number of imidazole rings is 1. The third kappa shape index (κ3) is 3.59. The summed E-state index contributed by atoms with van der Waals surface area (Å²) in [5.41, 5.74) is 2.18. The van der Waals surface area contributed by atoms with Crippen molar-refractivity contribution in [1.29, 1.82) is 0 Å². The molecule has 2 aromatic heterocycles. The number of carbonyl (C=O) groups is 2. The van der Waals surface area contributed by atoms with Crippen LogP contribution in [0.15, 0.2) is 30.7 Å². The maximum atomic E-state index is 12.9. The third-order valence-electron chi connectivity index (χ3n) is 5.81. The number of rotatable bonds is 3. The lowest BCUT2D eigenvalue weighted by Gasteiger charge is -2.48. The molecule has 2 aliphatic heterocycles. The van der Waals surface area contributed by atoms with Crippen molar-refractivity contribution < 1.29 is 9.59 Å². The molecule has 1 atom stereocenters. The van der Waals surface area contributed by atoms with Gasteiger partial charge in [0.25, 0.3) is 5.91 Å². The Balaban J connectivity index is 1.49. The number of piperidine rings is 2. The highest BCUT2D eigenvalue weighted by atomic mass is 16.2. The summed E-state index contributed by atoms with van der Waals surface area (Å²) in [6.07, 6.45) is 6.70. The molecule has 1 N–H and O–H groups in total. The largest absolute Gasteiger partial charge is 0.348 e. The molecule has 1 spiro atoms. The van der Waals surface area contributed by atoms with Gasteiger partial charge in [-0.3, -0.25) is 14.6 Å². The van der Waals surface area contributed by atoms with Gasteiger partial charge in [-0.1, -0.05) is 6.07 Å². The number of aromatic nitrogens is 3. The quantitative estimate of drug-likeness (QED) is 0.901. The van der Waals surface area contributed by atoms with Gasteiger partial charge in [0.2, 0.25) is 5.91 Å². The lowest BCUT2D eigenvalue weighted by molar-refractivity contribution is -0.139. The van der Waals surface area contributed by atoms with E-state index < -0.39 is 0 Å². The van der Waals surface area contributed by atoms with Crippen molar-refractivity contribution in [3.8, 4) is 0 Å². The van der Waals surface area contributed by atoms with Gasteiger partial charge in [-0.25, -0.2) is 4.98 Å². The Bertz CT molecular complexity index is 834. The van der Waals surface area contributed by atoms with E-state index in [0.29, 0.717) is 31.7 Å². The highest BCUT2D eigenvalue weighted by Gasteiger charge is 2.43. The first-order valence-corrected chi connectivity index (χ1v) is 9.53. The molecule has 0 aliphatic carbocycles. The predicted octanol–water partition coefficient (Wildman–Crippen LogP) is 2.16. The van der Waals surface area contributed by atoms with Crippen molar-refractivity contribution in [1.82, 2.24) is 24.8 Å². The van der Waals surface area contributed by atoms with E-state index in [1.54, 1.807) is 12.5 Å². The Kier molecular flexibility index (Phi) is 4.68. The molecule has 2 fully saturated rings. The first-order chi connectivity index (χ1) is 13.1. The van der Waals surface area contributed by atoms with Gasteiger partial charge < -0.3 is 14.8 Å². The Morgan fingerprint density at radius 1 is 1.26 bits per heavy atom. The van der Waals surface area contributed by atoms with Crippen molar-refractivity contribution in [3.05, 3.63) is 47.8 Å². The van der Waals surface area contributed by atoms with Gasteiger partial charge in [0, 0.05) is 43.4 Å². The van der Waals surface area contributed by atoms with Crippen LogP contribution >= 0.6 is 0 Å². The number of nitrogens with zero attached hydrogens (tertiary/aromatic N) is 4. The van der Waals surface area contributed by atoms with Gasteiger partial charge >= 0.3 is 0 Å². The van der Waals surface area contributed by atoms with E-state index in [1.807, 2.05) is 34.9 Å². The van der Waals surface area contributed by atoms with Crippen LogP contribution in [-0.2, 0) is 11.3 Å². The minimum atomic E-state index is -0.0270.